The van der Waals surface area contributed by atoms with E-state index in [1.807, 2.05) is 25.1 Å². The number of ether oxygens (including phenoxy) is 1. The van der Waals surface area contributed by atoms with Crippen LogP contribution in [0.1, 0.15) is 27.0 Å². The number of para-hydroxylation sites is 1. The largest absolute Gasteiger partial charge is 0.496 e. The summed E-state index contributed by atoms with van der Waals surface area (Å²) in [6.45, 7) is 3.88. The van der Waals surface area contributed by atoms with E-state index in [4.69, 9.17) is 4.74 Å². The van der Waals surface area contributed by atoms with Gasteiger partial charge >= 0.3 is 0 Å². The average molecular weight is 328 g/mol. The summed E-state index contributed by atoms with van der Waals surface area (Å²) < 4.78 is 5.32. The lowest BCUT2D eigenvalue weighted by molar-refractivity contribution is -0.385. The number of hydrogen-bond donors (Lipinski definition) is 0. The van der Waals surface area contributed by atoms with Gasteiger partial charge < -0.3 is 9.64 Å². The van der Waals surface area contributed by atoms with Gasteiger partial charge in [-0.15, -0.1) is 0 Å². The fourth-order valence-electron chi connectivity index (χ4n) is 2.64. The van der Waals surface area contributed by atoms with Crippen LogP contribution in [0, 0.1) is 24.0 Å². The minimum atomic E-state index is -0.510. The predicted molar refractivity (Wildman–Crippen MR) is 91.4 cm³/mol. The van der Waals surface area contributed by atoms with Gasteiger partial charge in [0.25, 0.3) is 11.6 Å². The van der Waals surface area contributed by atoms with Gasteiger partial charge in [-0.25, -0.2) is 0 Å². The molecule has 24 heavy (non-hydrogen) atoms. The molecular weight excluding hydrogens is 308 g/mol. The summed E-state index contributed by atoms with van der Waals surface area (Å²) in [5.41, 5.74) is 2.31. The number of nitrogens with zero attached hydrogens (tertiary/aromatic N) is 2. The molecule has 0 spiro atoms. The lowest BCUT2D eigenvalue weighted by Crippen LogP contribution is -2.27. The van der Waals surface area contributed by atoms with Crippen molar-refractivity contribution >= 4 is 11.6 Å². The Morgan fingerprint density at radius 3 is 2.58 bits per heavy atom. The summed E-state index contributed by atoms with van der Waals surface area (Å²) >= 11 is 0. The zero-order valence-corrected chi connectivity index (χ0v) is 14.2. The molecule has 0 N–H and O–H groups in total. The van der Waals surface area contributed by atoms with Crippen LogP contribution in [0.4, 0.5) is 5.69 Å². The smallest absolute Gasteiger partial charge is 0.285 e. The predicted octanol–water partition coefficient (Wildman–Crippen LogP) is 3.49. The molecule has 6 nitrogen and oxygen atoms in total. The van der Waals surface area contributed by atoms with Crippen molar-refractivity contribution in [2.45, 2.75) is 20.4 Å². The third-order valence-corrected chi connectivity index (χ3v) is 3.84. The normalized spacial score (nSPS) is 10.3. The first kappa shape index (κ1) is 17.5. The summed E-state index contributed by atoms with van der Waals surface area (Å²) in [6, 6.07) is 10.5. The number of nitro groups is 1. The van der Waals surface area contributed by atoms with Gasteiger partial charge in [-0.05, 0) is 26.0 Å². The van der Waals surface area contributed by atoms with Gasteiger partial charge in [0.15, 0.2) is 0 Å². The lowest BCUT2D eigenvalue weighted by atomic mass is 10.1. The summed E-state index contributed by atoms with van der Waals surface area (Å²) in [7, 11) is 3.19. The summed E-state index contributed by atoms with van der Waals surface area (Å²) in [5, 5.41) is 11.3. The van der Waals surface area contributed by atoms with Crippen LogP contribution in [0.25, 0.3) is 0 Å². The summed E-state index contributed by atoms with van der Waals surface area (Å²) in [4.78, 5) is 24.9. The Hall–Kier alpha value is -2.89. The second-order valence-corrected chi connectivity index (χ2v) is 5.70. The van der Waals surface area contributed by atoms with E-state index in [0.29, 0.717) is 17.9 Å². The van der Waals surface area contributed by atoms with E-state index in [9.17, 15) is 14.9 Å². The molecule has 1 amide bonds. The molecular formula is C18H20N2O4. The van der Waals surface area contributed by atoms with Gasteiger partial charge in [-0.2, -0.15) is 0 Å². The number of hydrogen-bond acceptors (Lipinski definition) is 4. The molecule has 2 aromatic rings. The quantitative estimate of drug-likeness (QED) is 0.622. The molecule has 0 fully saturated rings. The Labute approximate surface area is 140 Å². The maximum absolute atomic E-state index is 12.7. The highest BCUT2D eigenvalue weighted by Crippen LogP contribution is 2.26. The van der Waals surface area contributed by atoms with Gasteiger partial charge in [0.05, 0.1) is 12.0 Å². The molecule has 0 aliphatic heterocycles. The van der Waals surface area contributed by atoms with Gasteiger partial charge in [0, 0.05) is 24.7 Å². The fourth-order valence-corrected chi connectivity index (χ4v) is 2.64. The minimum Gasteiger partial charge on any atom is -0.496 e. The second kappa shape index (κ2) is 7.12. The first-order chi connectivity index (χ1) is 11.3. The van der Waals surface area contributed by atoms with E-state index >= 15 is 0 Å². The Bertz CT molecular complexity index is 787. The Balaban J connectivity index is 2.33. The zero-order chi connectivity index (χ0) is 17.9. The molecule has 126 valence electrons. The monoisotopic (exact) mass is 328 g/mol. The molecule has 0 saturated carbocycles. The average Bonchev–Trinajstić information content (AvgIpc) is 2.53. The number of nitro benzene ring substituents is 1. The highest BCUT2D eigenvalue weighted by Gasteiger charge is 2.25. The molecule has 0 aromatic heterocycles. The third kappa shape index (κ3) is 3.53. The van der Waals surface area contributed by atoms with E-state index in [-0.39, 0.29) is 11.3 Å². The number of aryl methyl sites for hydroxylation is 2. The molecule has 0 aliphatic rings. The minimum absolute atomic E-state index is 0.0918. The van der Waals surface area contributed by atoms with Crippen LogP contribution in [-0.4, -0.2) is 29.9 Å². The first-order valence-electron chi connectivity index (χ1n) is 7.48. The number of methoxy groups -OCH3 is 1. The topological polar surface area (TPSA) is 72.7 Å². The van der Waals surface area contributed by atoms with Crippen molar-refractivity contribution in [1.82, 2.24) is 4.90 Å². The molecule has 0 radical (unpaired) electrons. The number of carbonyl (C=O) groups excluding carboxylic acids is 1. The zero-order valence-electron chi connectivity index (χ0n) is 14.2. The van der Waals surface area contributed by atoms with Crippen LogP contribution in [0.15, 0.2) is 36.4 Å². The van der Waals surface area contributed by atoms with E-state index < -0.39 is 10.8 Å². The first-order valence-corrected chi connectivity index (χ1v) is 7.48. The van der Waals surface area contributed by atoms with Gasteiger partial charge in [0.1, 0.15) is 11.3 Å². The lowest BCUT2D eigenvalue weighted by Gasteiger charge is -2.19. The van der Waals surface area contributed by atoms with Crippen molar-refractivity contribution < 1.29 is 14.5 Å². The van der Waals surface area contributed by atoms with Crippen molar-refractivity contribution in [2.24, 2.45) is 0 Å². The molecule has 2 rings (SSSR count). The molecule has 0 heterocycles. The molecule has 0 unspecified atom stereocenters. The highest BCUT2D eigenvalue weighted by atomic mass is 16.6. The van der Waals surface area contributed by atoms with Crippen LogP contribution in [0.5, 0.6) is 5.75 Å². The Morgan fingerprint density at radius 2 is 1.96 bits per heavy atom. The van der Waals surface area contributed by atoms with E-state index in [0.717, 1.165) is 11.1 Å². The second-order valence-electron chi connectivity index (χ2n) is 5.70. The Morgan fingerprint density at radius 1 is 1.25 bits per heavy atom. The van der Waals surface area contributed by atoms with Crippen molar-refractivity contribution in [1.29, 1.82) is 0 Å². The van der Waals surface area contributed by atoms with Crippen molar-refractivity contribution in [2.75, 3.05) is 14.2 Å². The van der Waals surface area contributed by atoms with Crippen LogP contribution >= 0.6 is 0 Å². The van der Waals surface area contributed by atoms with Gasteiger partial charge in [-0.3, -0.25) is 14.9 Å². The number of amides is 1. The number of carbonyl (C=O) groups is 1. The van der Waals surface area contributed by atoms with Crippen LogP contribution < -0.4 is 4.74 Å². The SMILES string of the molecule is COc1ccc(C)cc1CN(C)C(=O)c1cccc(C)c1[N+](=O)[O-]. The molecule has 0 atom stereocenters. The maximum Gasteiger partial charge on any atom is 0.285 e. The van der Waals surface area contributed by atoms with Crippen LogP contribution in [-0.2, 0) is 6.54 Å². The molecule has 6 heteroatoms. The van der Waals surface area contributed by atoms with E-state index in [2.05, 4.69) is 0 Å². The van der Waals surface area contributed by atoms with Crippen molar-refractivity contribution in [3.05, 3.63) is 68.8 Å². The van der Waals surface area contributed by atoms with Crippen LogP contribution in [0.2, 0.25) is 0 Å². The number of benzene rings is 2. The fraction of sp³-hybridized carbons (Fsp3) is 0.278. The molecule has 0 bridgehead atoms. The van der Waals surface area contributed by atoms with Crippen molar-refractivity contribution in [3.8, 4) is 5.75 Å². The maximum atomic E-state index is 12.7. The standard InChI is InChI=1S/C18H20N2O4/c1-12-8-9-16(24-4)14(10-12)11-19(3)18(21)15-7-5-6-13(2)17(15)20(22)23/h5-10H,11H2,1-4H3. The van der Waals surface area contributed by atoms with E-state index in [1.165, 1.54) is 11.0 Å². The molecule has 0 aliphatic carbocycles. The van der Waals surface area contributed by atoms with E-state index in [1.54, 1.807) is 33.2 Å². The van der Waals surface area contributed by atoms with Crippen molar-refractivity contribution in [3.63, 3.8) is 0 Å². The summed E-state index contributed by atoms with van der Waals surface area (Å²) in [6.07, 6.45) is 0. The highest BCUT2D eigenvalue weighted by molar-refractivity contribution is 5.98. The summed E-state index contributed by atoms with van der Waals surface area (Å²) in [5.74, 6) is 0.285. The third-order valence-electron chi connectivity index (χ3n) is 3.84. The number of rotatable bonds is 5. The Kier molecular flexibility index (Phi) is 5.18. The molecule has 0 saturated heterocycles. The van der Waals surface area contributed by atoms with Gasteiger partial charge in [0.2, 0.25) is 0 Å². The van der Waals surface area contributed by atoms with Crippen LogP contribution in [0.3, 0.4) is 0 Å². The van der Waals surface area contributed by atoms with Gasteiger partial charge in [-0.1, -0.05) is 29.8 Å². The molecule has 2 aromatic carbocycles.